The Morgan fingerprint density at radius 2 is 1.70 bits per heavy atom. The number of carbonyl (C=O) groups is 1. The Kier molecular flexibility index (Phi) is 4.42. The van der Waals surface area contributed by atoms with E-state index in [4.69, 9.17) is 0 Å². The van der Waals surface area contributed by atoms with Gasteiger partial charge in [0.2, 0.25) is 0 Å². The number of aromatic nitrogens is 2. The minimum absolute atomic E-state index is 0.135. The molecule has 1 aromatic heterocycles. The fraction of sp³-hybridized carbons (Fsp3) is 0.333. The van der Waals surface area contributed by atoms with Gasteiger partial charge < -0.3 is 9.47 Å². The lowest BCUT2D eigenvalue weighted by atomic mass is 10.0. The molecule has 4 rings (SSSR count). The van der Waals surface area contributed by atoms with Gasteiger partial charge in [0.25, 0.3) is 5.91 Å². The molecule has 0 N–H and O–H groups in total. The van der Waals surface area contributed by atoms with Crippen molar-refractivity contribution in [3.8, 4) is 0 Å². The highest BCUT2D eigenvalue weighted by Gasteiger charge is 2.27. The first-order valence-corrected chi connectivity index (χ1v) is 9.13. The molecule has 2 heterocycles. The van der Waals surface area contributed by atoms with E-state index in [1.807, 2.05) is 13.8 Å². The number of nitrogens with zero attached hydrogens (tertiary/aromatic N) is 3. The number of aryl methyl sites for hydroxylation is 2. The van der Waals surface area contributed by atoms with E-state index in [9.17, 15) is 13.6 Å². The molecule has 0 atom stereocenters. The van der Waals surface area contributed by atoms with E-state index in [1.165, 1.54) is 24.3 Å². The number of benzene rings is 2. The van der Waals surface area contributed by atoms with Crippen molar-refractivity contribution in [3.63, 3.8) is 0 Å². The molecule has 1 fully saturated rings. The van der Waals surface area contributed by atoms with Crippen molar-refractivity contribution >= 4 is 16.9 Å². The number of hydrogen-bond donors (Lipinski definition) is 0. The molecule has 27 heavy (non-hydrogen) atoms. The molecule has 4 nitrogen and oxygen atoms in total. The van der Waals surface area contributed by atoms with Crippen LogP contribution in [-0.2, 0) is 0 Å². The summed E-state index contributed by atoms with van der Waals surface area (Å²) in [5.74, 6) is 0.0317. The van der Waals surface area contributed by atoms with Gasteiger partial charge in [-0.1, -0.05) is 6.07 Å². The van der Waals surface area contributed by atoms with Crippen LogP contribution in [0.25, 0.3) is 11.0 Å². The molecule has 1 aliphatic heterocycles. The maximum atomic E-state index is 13.7. The van der Waals surface area contributed by atoms with E-state index in [0.29, 0.717) is 18.7 Å². The molecule has 3 aromatic rings. The van der Waals surface area contributed by atoms with Crippen molar-refractivity contribution in [2.75, 3.05) is 13.1 Å². The Balaban J connectivity index is 1.54. The second kappa shape index (κ2) is 6.76. The fourth-order valence-electron chi connectivity index (χ4n) is 3.97. The summed E-state index contributed by atoms with van der Waals surface area (Å²) in [6.45, 7) is 4.89. The molecule has 6 heteroatoms. The van der Waals surface area contributed by atoms with Crippen molar-refractivity contribution in [2.45, 2.75) is 32.7 Å². The van der Waals surface area contributed by atoms with Crippen molar-refractivity contribution in [1.29, 1.82) is 0 Å². The van der Waals surface area contributed by atoms with Crippen molar-refractivity contribution < 1.29 is 13.6 Å². The summed E-state index contributed by atoms with van der Waals surface area (Å²) < 4.78 is 29.3. The average molecular weight is 369 g/mol. The molecule has 0 unspecified atom stereocenters. The van der Waals surface area contributed by atoms with Gasteiger partial charge in [0.15, 0.2) is 0 Å². The molecular weight excluding hydrogens is 348 g/mol. The van der Waals surface area contributed by atoms with Gasteiger partial charge >= 0.3 is 0 Å². The predicted molar refractivity (Wildman–Crippen MR) is 99.7 cm³/mol. The number of fused-ring (bicyclic) bond motifs is 1. The Bertz CT molecular complexity index is 1020. The summed E-state index contributed by atoms with van der Waals surface area (Å²) in [6.07, 6.45) is 1.51. The van der Waals surface area contributed by atoms with Crippen molar-refractivity contribution in [3.05, 3.63) is 65.0 Å². The largest absolute Gasteiger partial charge is 0.338 e. The Hall–Kier alpha value is -2.76. The van der Waals surface area contributed by atoms with Gasteiger partial charge in [-0.25, -0.2) is 13.8 Å². The van der Waals surface area contributed by atoms with Crippen LogP contribution in [0.2, 0.25) is 0 Å². The van der Waals surface area contributed by atoms with Gasteiger partial charge in [-0.2, -0.15) is 0 Å². The quantitative estimate of drug-likeness (QED) is 0.671. The standard InChI is InChI=1S/C21H21F2N3O/c1-13-3-4-15(22)11-18(13)21(27)25-9-7-17(8-10-25)26-14(2)24-19-6-5-16(23)12-20(19)26/h3-6,11-12,17H,7-10H2,1-2H3. The van der Waals surface area contributed by atoms with Gasteiger partial charge in [0.1, 0.15) is 17.5 Å². The SMILES string of the molecule is Cc1ccc(F)cc1C(=O)N1CCC(n2c(C)nc3ccc(F)cc32)CC1. The van der Waals surface area contributed by atoms with Crippen LogP contribution in [0.3, 0.4) is 0 Å². The molecule has 140 valence electrons. The summed E-state index contributed by atoms with van der Waals surface area (Å²) in [6, 6.07) is 9.09. The number of imidazole rings is 1. The Morgan fingerprint density at radius 3 is 2.44 bits per heavy atom. The predicted octanol–water partition coefficient (Wildman–Crippen LogP) is 4.41. The molecule has 0 saturated carbocycles. The second-order valence-electron chi connectivity index (χ2n) is 7.14. The molecule has 0 spiro atoms. The molecule has 2 aromatic carbocycles. The van der Waals surface area contributed by atoms with Crippen LogP contribution >= 0.6 is 0 Å². The topological polar surface area (TPSA) is 38.1 Å². The first-order valence-electron chi connectivity index (χ1n) is 9.13. The monoisotopic (exact) mass is 369 g/mol. The number of hydrogen-bond acceptors (Lipinski definition) is 2. The Labute approximate surface area is 156 Å². The first kappa shape index (κ1) is 17.6. The lowest BCUT2D eigenvalue weighted by molar-refractivity contribution is 0.0694. The maximum absolute atomic E-state index is 13.7. The highest BCUT2D eigenvalue weighted by Crippen LogP contribution is 2.30. The third kappa shape index (κ3) is 3.20. The minimum atomic E-state index is -0.402. The van der Waals surface area contributed by atoms with Gasteiger partial charge in [-0.15, -0.1) is 0 Å². The van der Waals surface area contributed by atoms with Crippen molar-refractivity contribution in [1.82, 2.24) is 14.5 Å². The van der Waals surface area contributed by atoms with Crippen LogP contribution in [0, 0.1) is 25.5 Å². The zero-order valence-corrected chi connectivity index (χ0v) is 15.4. The van der Waals surface area contributed by atoms with Gasteiger partial charge in [-0.05, 0) is 62.6 Å². The zero-order valence-electron chi connectivity index (χ0n) is 15.4. The van der Waals surface area contributed by atoms with Crippen LogP contribution in [0.5, 0.6) is 0 Å². The van der Waals surface area contributed by atoms with Gasteiger partial charge in [-0.3, -0.25) is 4.79 Å². The normalized spacial score (nSPS) is 15.5. The summed E-state index contributed by atoms with van der Waals surface area (Å²) in [5, 5.41) is 0. The maximum Gasteiger partial charge on any atom is 0.254 e. The van der Waals surface area contributed by atoms with E-state index >= 15 is 0 Å². The lowest BCUT2D eigenvalue weighted by Crippen LogP contribution is -2.39. The minimum Gasteiger partial charge on any atom is -0.338 e. The van der Waals surface area contributed by atoms with E-state index in [0.717, 1.165) is 35.3 Å². The highest BCUT2D eigenvalue weighted by molar-refractivity contribution is 5.95. The summed E-state index contributed by atoms with van der Waals surface area (Å²) >= 11 is 0. The third-order valence-electron chi connectivity index (χ3n) is 5.37. The molecule has 0 radical (unpaired) electrons. The van der Waals surface area contributed by atoms with Crippen LogP contribution in [0.1, 0.15) is 40.6 Å². The number of amides is 1. The van der Waals surface area contributed by atoms with E-state index in [1.54, 1.807) is 17.0 Å². The number of piperidine rings is 1. The molecule has 1 amide bonds. The molecule has 1 aliphatic rings. The number of halogens is 2. The second-order valence-corrected chi connectivity index (χ2v) is 7.14. The number of rotatable bonds is 2. The summed E-state index contributed by atoms with van der Waals surface area (Å²) in [5.41, 5.74) is 2.76. The van der Waals surface area contributed by atoms with E-state index in [2.05, 4.69) is 9.55 Å². The van der Waals surface area contributed by atoms with Crippen LogP contribution < -0.4 is 0 Å². The van der Waals surface area contributed by atoms with E-state index in [-0.39, 0.29) is 17.8 Å². The molecule has 1 saturated heterocycles. The van der Waals surface area contributed by atoms with Crippen LogP contribution in [-0.4, -0.2) is 33.4 Å². The number of likely N-dealkylation sites (tertiary alicyclic amines) is 1. The average Bonchev–Trinajstić information content (AvgIpc) is 2.98. The van der Waals surface area contributed by atoms with Crippen LogP contribution in [0.4, 0.5) is 8.78 Å². The molecule has 0 bridgehead atoms. The smallest absolute Gasteiger partial charge is 0.254 e. The zero-order chi connectivity index (χ0) is 19.1. The Morgan fingerprint density at radius 1 is 1.04 bits per heavy atom. The van der Waals surface area contributed by atoms with Gasteiger partial charge in [0, 0.05) is 24.7 Å². The molecule has 0 aliphatic carbocycles. The summed E-state index contributed by atoms with van der Waals surface area (Å²) in [7, 11) is 0. The van der Waals surface area contributed by atoms with Gasteiger partial charge in [0.05, 0.1) is 11.0 Å². The third-order valence-corrected chi connectivity index (χ3v) is 5.37. The van der Waals surface area contributed by atoms with Crippen molar-refractivity contribution in [2.24, 2.45) is 0 Å². The van der Waals surface area contributed by atoms with E-state index < -0.39 is 5.82 Å². The van der Waals surface area contributed by atoms with Crippen LogP contribution in [0.15, 0.2) is 36.4 Å². The fourth-order valence-corrected chi connectivity index (χ4v) is 3.97. The highest BCUT2D eigenvalue weighted by atomic mass is 19.1. The molecular formula is C21H21F2N3O. The lowest BCUT2D eigenvalue weighted by Gasteiger charge is -2.33. The first-order chi connectivity index (χ1) is 12.9. The summed E-state index contributed by atoms with van der Waals surface area (Å²) in [4.78, 5) is 19.1. The number of carbonyl (C=O) groups excluding carboxylic acids is 1.